The van der Waals surface area contributed by atoms with Crippen LogP contribution in [0.5, 0.6) is 0 Å². The summed E-state index contributed by atoms with van der Waals surface area (Å²) in [5, 5.41) is 5.99. The van der Waals surface area contributed by atoms with E-state index in [1.807, 2.05) is 36.4 Å². The molecule has 6 nitrogen and oxygen atoms in total. The molecule has 3 aromatic carbocycles. The van der Waals surface area contributed by atoms with Gasteiger partial charge < -0.3 is 11.1 Å². The fourth-order valence-electron chi connectivity index (χ4n) is 4.92. The Morgan fingerprint density at radius 3 is 2.05 bits per heavy atom. The second-order valence-corrected chi connectivity index (χ2v) is 10.3. The summed E-state index contributed by atoms with van der Waals surface area (Å²) in [6.07, 6.45) is 0.901. The first kappa shape index (κ1) is 25.9. The summed E-state index contributed by atoms with van der Waals surface area (Å²) in [7, 11) is 0. The number of aromatic nitrogens is 2. The van der Waals surface area contributed by atoms with Crippen molar-refractivity contribution in [3.63, 3.8) is 0 Å². The van der Waals surface area contributed by atoms with E-state index in [9.17, 15) is 0 Å². The van der Waals surface area contributed by atoms with Gasteiger partial charge in [0.1, 0.15) is 11.6 Å². The second kappa shape index (κ2) is 12.2. The fourth-order valence-corrected chi connectivity index (χ4v) is 5.17. The van der Waals surface area contributed by atoms with Crippen LogP contribution in [0.3, 0.4) is 0 Å². The predicted octanol–water partition coefficient (Wildman–Crippen LogP) is 5.60. The molecular formula is C29H32Cl2N6. The molecule has 0 unspecified atom stereocenters. The number of para-hydroxylation sites is 1. The van der Waals surface area contributed by atoms with Crippen LogP contribution in [-0.4, -0.2) is 59.0 Å². The summed E-state index contributed by atoms with van der Waals surface area (Å²) < 4.78 is 0. The third-order valence-corrected chi connectivity index (χ3v) is 7.34. The van der Waals surface area contributed by atoms with Crippen LogP contribution in [0.25, 0.3) is 10.9 Å². The van der Waals surface area contributed by atoms with Crippen LogP contribution in [0.15, 0.2) is 72.8 Å². The van der Waals surface area contributed by atoms with Crippen LogP contribution in [0.2, 0.25) is 10.0 Å². The number of piperazine rings is 1. The lowest BCUT2D eigenvalue weighted by molar-refractivity contribution is 0.103. The molecule has 0 aliphatic carbocycles. The minimum Gasteiger partial charge on any atom is -0.369 e. The highest BCUT2D eigenvalue weighted by Crippen LogP contribution is 2.31. The summed E-state index contributed by atoms with van der Waals surface area (Å²) in [4.78, 5) is 14.7. The minimum absolute atomic E-state index is 0.145. The topological polar surface area (TPSA) is 70.3 Å². The maximum absolute atomic E-state index is 6.19. The molecule has 1 fully saturated rings. The van der Waals surface area contributed by atoms with E-state index in [1.54, 1.807) is 0 Å². The zero-order chi connectivity index (χ0) is 25.6. The molecule has 2 heterocycles. The van der Waals surface area contributed by atoms with E-state index in [-0.39, 0.29) is 6.04 Å². The molecule has 0 atom stereocenters. The fraction of sp³-hybridized carbons (Fsp3) is 0.310. The minimum atomic E-state index is 0.145. The average Bonchev–Trinajstić information content (AvgIpc) is 2.92. The Hall–Kier alpha value is -2.74. The van der Waals surface area contributed by atoms with Gasteiger partial charge in [0.2, 0.25) is 0 Å². The van der Waals surface area contributed by atoms with Gasteiger partial charge in [-0.2, -0.15) is 0 Å². The van der Waals surface area contributed by atoms with Gasteiger partial charge in [-0.05, 0) is 60.5 Å². The smallest absolute Gasteiger partial charge is 0.145 e. The number of fused-ring (bicyclic) bond motifs is 1. The lowest BCUT2D eigenvalue weighted by atomic mass is 9.96. The van der Waals surface area contributed by atoms with Crippen LogP contribution in [0, 0.1) is 0 Å². The highest BCUT2D eigenvalue weighted by Gasteiger charge is 2.27. The molecule has 192 valence electrons. The number of hydrogen-bond acceptors (Lipinski definition) is 6. The summed E-state index contributed by atoms with van der Waals surface area (Å²) >= 11 is 12.4. The van der Waals surface area contributed by atoms with Gasteiger partial charge >= 0.3 is 0 Å². The summed E-state index contributed by atoms with van der Waals surface area (Å²) in [6, 6.07) is 24.7. The van der Waals surface area contributed by atoms with Crippen molar-refractivity contribution in [1.29, 1.82) is 0 Å². The quantitative estimate of drug-likeness (QED) is 0.272. The largest absolute Gasteiger partial charge is 0.369 e. The maximum atomic E-state index is 6.19. The van der Waals surface area contributed by atoms with Crippen molar-refractivity contribution in [3.8, 4) is 0 Å². The van der Waals surface area contributed by atoms with E-state index in [1.165, 1.54) is 11.1 Å². The van der Waals surface area contributed by atoms with Gasteiger partial charge in [-0.25, -0.2) is 9.97 Å². The third kappa shape index (κ3) is 6.40. The maximum Gasteiger partial charge on any atom is 0.145 e. The number of rotatable bonds is 9. The van der Waals surface area contributed by atoms with Gasteiger partial charge in [0.15, 0.2) is 0 Å². The van der Waals surface area contributed by atoms with E-state index in [2.05, 4.69) is 51.5 Å². The molecule has 1 aliphatic heterocycles. The zero-order valence-corrected chi connectivity index (χ0v) is 22.3. The van der Waals surface area contributed by atoms with Gasteiger partial charge in [-0.3, -0.25) is 9.80 Å². The van der Waals surface area contributed by atoms with Crippen LogP contribution < -0.4 is 11.1 Å². The van der Waals surface area contributed by atoms with Crippen LogP contribution in [-0.2, 0) is 6.54 Å². The summed E-state index contributed by atoms with van der Waals surface area (Å²) in [5.74, 6) is 1.73. The highest BCUT2D eigenvalue weighted by atomic mass is 35.5. The van der Waals surface area contributed by atoms with Crippen molar-refractivity contribution in [2.75, 3.05) is 44.6 Å². The number of hydrogen-bond donors (Lipinski definition) is 2. The Morgan fingerprint density at radius 1 is 0.811 bits per heavy atom. The first-order valence-electron chi connectivity index (χ1n) is 12.8. The average molecular weight is 536 g/mol. The molecule has 1 saturated heterocycles. The van der Waals surface area contributed by atoms with Gasteiger partial charge in [0, 0.05) is 48.2 Å². The Labute approximate surface area is 228 Å². The van der Waals surface area contributed by atoms with Crippen molar-refractivity contribution in [2.24, 2.45) is 5.73 Å². The Balaban J connectivity index is 1.31. The highest BCUT2D eigenvalue weighted by molar-refractivity contribution is 6.30. The number of nitrogens with one attached hydrogen (secondary N) is 1. The van der Waals surface area contributed by atoms with Crippen molar-refractivity contribution in [3.05, 3.63) is 99.8 Å². The molecule has 0 bridgehead atoms. The first-order chi connectivity index (χ1) is 18.1. The lowest BCUT2D eigenvalue weighted by Crippen LogP contribution is -2.47. The molecule has 4 aromatic rings. The number of nitrogens with zero attached hydrogens (tertiary/aromatic N) is 4. The molecule has 0 radical (unpaired) electrons. The molecule has 8 heteroatoms. The molecule has 37 heavy (non-hydrogen) atoms. The summed E-state index contributed by atoms with van der Waals surface area (Å²) in [5.41, 5.74) is 9.10. The number of benzene rings is 3. The lowest BCUT2D eigenvalue weighted by Gasteiger charge is -2.39. The Morgan fingerprint density at radius 2 is 1.43 bits per heavy atom. The third-order valence-electron chi connectivity index (χ3n) is 6.83. The van der Waals surface area contributed by atoms with Crippen molar-refractivity contribution in [1.82, 2.24) is 19.8 Å². The first-order valence-corrected chi connectivity index (χ1v) is 13.5. The van der Waals surface area contributed by atoms with Gasteiger partial charge in [-0.15, -0.1) is 0 Å². The van der Waals surface area contributed by atoms with Gasteiger partial charge in [0.05, 0.1) is 18.1 Å². The summed E-state index contributed by atoms with van der Waals surface area (Å²) in [6.45, 7) is 5.91. The number of halogens is 2. The standard InChI is InChI=1S/C29H32Cl2N6/c30-23-10-6-21(7-11-23)28(22-8-12-24(31)13-9-22)37-18-16-36(17-19-37)20-27-34-26-5-2-1-4-25(26)29(35-27)33-15-3-14-32/h1-2,4-13,28H,3,14-20,32H2,(H,33,34,35). The van der Waals surface area contributed by atoms with Crippen LogP contribution >= 0.6 is 23.2 Å². The van der Waals surface area contributed by atoms with Gasteiger partial charge in [-0.1, -0.05) is 59.6 Å². The zero-order valence-electron chi connectivity index (χ0n) is 20.8. The molecule has 0 spiro atoms. The number of nitrogens with two attached hydrogens (primary N) is 1. The van der Waals surface area contributed by atoms with Crippen molar-refractivity contribution >= 4 is 39.9 Å². The predicted molar refractivity (Wildman–Crippen MR) is 153 cm³/mol. The SMILES string of the molecule is NCCCNc1nc(CN2CCN(C(c3ccc(Cl)cc3)c3ccc(Cl)cc3)CC2)nc2ccccc12. The van der Waals surface area contributed by atoms with Crippen LogP contribution in [0.4, 0.5) is 5.82 Å². The number of anilines is 1. The molecule has 0 amide bonds. The second-order valence-electron chi connectivity index (χ2n) is 9.39. The van der Waals surface area contributed by atoms with E-state index in [0.29, 0.717) is 6.54 Å². The molecule has 0 saturated carbocycles. The van der Waals surface area contributed by atoms with E-state index < -0.39 is 0 Å². The Bertz CT molecular complexity index is 1260. The molecule has 3 N–H and O–H groups in total. The van der Waals surface area contributed by atoms with Crippen LogP contribution in [0.1, 0.15) is 29.4 Å². The van der Waals surface area contributed by atoms with E-state index in [4.69, 9.17) is 38.9 Å². The van der Waals surface area contributed by atoms with E-state index in [0.717, 1.165) is 78.3 Å². The van der Waals surface area contributed by atoms with Crippen molar-refractivity contribution < 1.29 is 0 Å². The monoisotopic (exact) mass is 534 g/mol. The molecule has 1 aromatic heterocycles. The normalized spacial score (nSPS) is 14.9. The molecule has 5 rings (SSSR count). The van der Waals surface area contributed by atoms with E-state index >= 15 is 0 Å². The van der Waals surface area contributed by atoms with Crippen molar-refractivity contribution in [2.45, 2.75) is 19.0 Å². The van der Waals surface area contributed by atoms with Gasteiger partial charge in [0.25, 0.3) is 0 Å². The molecular weight excluding hydrogens is 503 g/mol. The molecule has 1 aliphatic rings. The Kier molecular flexibility index (Phi) is 8.54.